The highest BCUT2D eigenvalue weighted by Crippen LogP contribution is 2.31. The van der Waals surface area contributed by atoms with Crippen molar-refractivity contribution in [3.05, 3.63) is 58.6 Å². The molecule has 1 N–H and O–H groups in total. The molecule has 1 aliphatic heterocycles. The number of aromatic nitrogens is 3. The lowest BCUT2D eigenvalue weighted by Crippen LogP contribution is -2.24. The maximum Gasteiger partial charge on any atom is 0.246 e. The molecular formula is C19H16Cl2N4O. The van der Waals surface area contributed by atoms with E-state index in [-0.39, 0.29) is 6.10 Å². The number of rotatable bonds is 3. The van der Waals surface area contributed by atoms with Crippen LogP contribution in [0.5, 0.6) is 0 Å². The molecule has 1 saturated heterocycles. The van der Waals surface area contributed by atoms with Crippen molar-refractivity contribution in [2.24, 2.45) is 0 Å². The first-order valence-corrected chi connectivity index (χ1v) is 9.05. The molecule has 1 atom stereocenters. The van der Waals surface area contributed by atoms with E-state index in [9.17, 15) is 5.11 Å². The van der Waals surface area contributed by atoms with Crippen LogP contribution in [-0.4, -0.2) is 39.5 Å². The van der Waals surface area contributed by atoms with Crippen molar-refractivity contribution in [1.29, 1.82) is 0 Å². The molecule has 7 heteroatoms. The van der Waals surface area contributed by atoms with Gasteiger partial charge < -0.3 is 10.0 Å². The van der Waals surface area contributed by atoms with Crippen LogP contribution in [0.2, 0.25) is 10.0 Å². The quantitative estimate of drug-likeness (QED) is 0.734. The summed E-state index contributed by atoms with van der Waals surface area (Å²) in [6.45, 7) is 1.23. The molecule has 26 heavy (non-hydrogen) atoms. The van der Waals surface area contributed by atoms with Gasteiger partial charge in [0, 0.05) is 34.3 Å². The average molecular weight is 387 g/mol. The van der Waals surface area contributed by atoms with Crippen LogP contribution in [0, 0.1) is 0 Å². The number of hydrogen-bond acceptors (Lipinski definition) is 5. The molecule has 5 nitrogen and oxygen atoms in total. The van der Waals surface area contributed by atoms with Gasteiger partial charge in [0.25, 0.3) is 0 Å². The van der Waals surface area contributed by atoms with E-state index in [1.54, 1.807) is 0 Å². The van der Waals surface area contributed by atoms with Gasteiger partial charge in [-0.05, 0) is 30.7 Å². The molecule has 0 bridgehead atoms. The lowest BCUT2D eigenvalue weighted by atomic mass is 10.0. The smallest absolute Gasteiger partial charge is 0.246 e. The Morgan fingerprint density at radius 1 is 0.846 bits per heavy atom. The van der Waals surface area contributed by atoms with Crippen LogP contribution in [-0.2, 0) is 0 Å². The monoisotopic (exact) mass is 386 g/mol. The first kappa shape index (κ1) is 17.2. The summed E-state index contributed by atoms with van der Waals surface area (Å²) in [4.78, 5) is 6.70. The van der Waals surface area contributed by atoms with Crippen molar-refractivity contribution in [3.63, 3.8) is 0 Å². The lowest BCUT2D eigenvalue weighted by Gasteiger charge is -2.17. The fourth-order valence-corrected chi connectivity index (χ4v) is 3.24. The second kappa shape index (κ2) is 7.19. The van der Waals surface area contributed by atoms with Crippen LogP contribution < -0.4 is 4.90 Å². The standard InChI is InChI=1S/C19H16Cl2N4O/c20-14-5-1-12(2-6-14)17-18(13-3-7-15(21)8-4-13)23-24-19(22-17)25-10-9-16(26)11-25/h1-8,16,26H,9-11H2. The molecule has 0 amide bonds. The Balaban J connectivity index is 1.82. The molecular weight excluding hydrogens is 371 g/mol. The number of hydrogen-bond donors (Lipinski definition) is 1. The summed E-state index contributed by atoms with van der Waals surface area (Å²) in [6.07, 6.45) is 0.354. The summed E-state index contributed by atoms with van der Waals surface area (Å²) in [5.74, 6) is 0.518. The molecule has 1 aliphatic rings. The zero-order valence-electron chi connectivity index (χ0n) is 13.8. The molecule has 4 rings (SSSR count). The molecule has 2 aromatic carbocycles. The Morgan fingerprint density at radius 3 is 1.96 bits per heavy atom. The zero-order valence-corrected chi connectivity index (χ0v) is 15.3. The summed E-state index contributed by atoms with van der Waals surface area (Å²) in [5, 5.41) is 19.8. The molecule has 1 aromatic heterocycles. The first-order valence-electron chi connectivity index (χ1n) is 8.30. The van der Waals surface area contributed by atoms with Gasteiger partial charge in [0.1, 0.15) is 11.4 Å². The third kappa shape index (κ3) is 3.51. The molecule has 132 valence electrons. The summed E-state index contributed by atoms with van der Waals surface area (Å²) in [6, 6.07) is 14.9. The predicted octanol–water partition coefficient (Wildman–Crippen LogP) is 4.08. The van der Waals surface area contributed by atoms with E-state index < -0.39 is 0 Å². The number of anilines is 1. The highest BCUT2D eigenvalue weighted by Gasteiger charge is 2.24. The molecule has 1 fully saturated rings. The maximum atomic E-state index is 9.79. The topological polar surface area (TPSA) is 62.1 Å². The molecule has 0 radical (unpaired) electrons. The van der Waals surface area contributed by atoms with Gasteiger partial charge in [-0.1, -0.05) is 47.5 Å². The van der Waals surface area contributed by atoms with E-state index in [4.69, 9.17) is 28.2 Å². The van der Waals surface area contributed by atoms with Crippen LogP contribution in [0.1, 0.15) is 6.42 Å². The summed E-state index contributed by atoms with van der Waals surface area (Å²) in [7, 11) is 0. The van der Waals surface area contributed by atoms with Crippen LogP contribution in [0.4, 0.5) is 5.95 Å². The van der Waals surface area contributed by atoms with Crippen molar-refractivity contribution in [3.8, 4) is 22.5 Å². The maximum absolute atomic E-state index is 9.79. The largest absolute Gasteiger partial charge is 0.391 e. The second-order valence-electron chi connectivity index (χ2n) is 6.21. The molecule has 0 aliphatic carbocycles. The lowest BCUT2D eigenvalue weighted by molar-refractivity contribution is 0.198. The van der Waals surface area contributed by atoms with E-state index in [1.807, 2.05) is 53.4 Å². The van der Waals surface area contributed by atoms with E-state index in [1.165, 1.54) is 0 Å². The van der Waals surface area contributed by atoms with Crippen LogP contribution in [0.3, 0.4) is 0 Å². The Morgan fingerprint density at radius 2 is 1.42 bits per heavy atom. The molecule has 0 spiro atoms. The van der Waals surface area contributed by atoms with E-state index in [2.05, 4.69) is 10.2 Å². The fraction of sp³-hybridized carbons (Fsp3) is 0.211. The highest BCUT2D eigenvalue weighted by atomic mass is 35.5. The molecule has 2 heterocycles. The number of aliphatic hydroxyl groups excluding tert-OH is 1. The van der Waals surface area contributed by atoms with Crippen molar-refractivity contribution in [2.45, 2.75) is 12.5 Å². The number of halogens is 2. The average Bonchev–Trinajstić information content (AvgIpc) is 3.09. The first-order chi connectivity index (χ1) is 12.6. The normalized spacial score (nSPS) is 16.9. The number of aliphatic hydroxyl groups is 1. The van der Waals surface area contributed by atoms with Crippen LogP contribution in [0.25, 0.3) is 22.5 Å². The van der Waals surface area contributed by atoms with Gasteiger partial charge in [0.05, 0.1) is 6.10 Å². The van der Waals surface area contributed by atoms with E-state index in [0.717, 1.165) is 16.8 Å². The third-order valence-corrected chi connectivity index (χ3v) is 4.86. The second-order valence-corrected chi connectivity index (χ2v) is 7.08. The minimum absolute atomic E-state index is 0.353. The Hall–Kier alpha value is -2.21. The van der Waals surface area contributed by atoms with Crippen molar-refractivity contribution in [1.82, 2.24) is 15.2 Å². The van der Waals surface area contributed by atoms with Crippen molar-refractivity contribution in [2.75, 3.05) is 18.0 Å². The highest BCUT2D eigenvalue weighted by molar-refractivity contribution is 6.31. The Kier molecular flexibility index (Phi) is 4.76. The number of β-amino-alcohol motifs (C(OH)–C–C–N with tert-alkyl or cyclic N) is 1. The van der Waals surface area contributed by atoms with Crippen molar-refractivity contribution >= 4 is 29.2 Å². The van der Waals surface area contributed by atoms with E-state index in [0.29, 0.717) is 41.2 Å². The van der Waals surface area contributed by atoms with Crippen LogP contribution in [0.15, 0.2) is 48.5 Å². The predicted molar refractivity (Wildman–Crippen MR) is 104 cm³/mol. The minimum atomic E-state index is -0.353. The Labute approximate surface area is 161 Å². The van der Waals surface area contributed by atoms with Gasteiger partial charge in [-0.25, -0.2) is 4.98 Å². The van der Waals surface area contributed by atoms with Gasteiger partial charge in [-0.3, -0.25) is 0 Å². The molecule has 0 saturated carbocycles. The Bertz CT molecular complexity index is 916. The minimum Gasteiger partial charge on any atom is -0.391 e. The molecule has 3 aromatic rings. The van der Waals surface area contributed by atoms with Gasteiger partial charge >= 0.3 is 0 Å². The number of nitrogens with zero attached hydrogens (tertiary/aromatic N) is 4. The van der Waals surface area contributed by atoms with Gasteiger partial charge in [-0.2, -0.15) is 0 Å². The zero-order chi connectivity index (χ0) is 18.1. The van der Waals surface area contributed by atoms with Crippen LogP contribution >= 0.6 is 23.2 Å². The summed E-state index contributed by atoms with van der Waals surface area (Å²) >= 11 is 12.0. The van der Waals surface area contributed by atoms with Gasteiger partial charge in [0.15, 0.2) is 0 Å². The van der Waals surface area contributed by atoms with Crippen molar-refractivity contribution < 1.29 is 5.11 Å². The van der Waals surface area contributed by atoms with Gasteiger partial charge in [0.2, 0.25) is 5.95 Å². The summed E-state index contributed by atoms with van der Waals surface area (Å²) in [5.41, 5.74) is 3.17. The van der Waals surface area contributed by atoms with E-state index >= 15 is 0 Å². The third-order valence-electron chi connectivity index (χ3n) is 4.36. The SMILES string of the molecule is OC1CCN(c2nnc(-c3ccc(Cl)cc3)c(-c3ccc(Cl)cc3)n2)C1. The fourth-order valence-electron chi connectivity index (χ4n) is 2.99. The number of benzene rings is 2. The molecule has 1 unspecified atom stereocenters. The summed E-state index contributed by atoms with van der Waals surface area (Å²) < 4.78 is 0. The van der Waals surface area contributed by atoms with Gasteiger partial charge in [-0.15, -0.1) is 10.2 Å².